The molecule has 7 aromatic rings. The maximum absolute atomic E-state index is 4.57. The summed E-state index contributed by atoms with van der Waals surface area (Å²) in [6, 6.07) is 45.7. The molecular formula is C35H23N. The van der Waals surface area contributed by atoms with Crippen LogP contribution < -0.4 is 0 Å². The highest BCUT2D eigenvalue weighted by molar-refractivity contribution is 6.21. The molecule has 0 N–H and O–H groups in total. The maximum Gasteiger partial charge on any atom is 0.0353 e. The van der Waals surface area contributed by atoms with Crippen molar-refractivity contribution in [1.29, 1.82) is 0 Å². The van der Waals surface area contributed by atoms with Gasteiger partial charge in [0.25, 0.3) is 0 Å². The molecule has 0 aliphatic heterocycles. The fourth-order valence-electron chi connectivity index (χ4n) is 5.47. The topological polar surface area (TPSA) is 12.9 Å². The molecule has 0 unspecified atom stereocenters. The Hall–Kier alpha value is -4.75. The summed E-state index contributed by atoms with van der Waals surface area (Å²) in [7, 11) is 0. The zero-order valence-electron chi connectivity index (χ0n) is 19.7. The van der Waals surface area contributed by atoms with Crippen LogP contribution in [0, 0.1) is 0 Å². The molecule has 1 aromatic heterocycles. The van der Waals surface area contributed by atoms with E-state index in [0.29, 0.717) is 0 Å². The summed E-state index contributed by atoms with van der Waals surface area (Å²) < 4.78 is 0. The van der Waals surface area contributed by atoms with E-state index < -0.39 is 0 Å². The van der Waals surface area contributed by atoms with Crippen LogP contribution in [0.3, 0.4) is 0 Å². The van der Waals surface area contributed by atoms with Gasteiger partial charge in [-0.3, -0.25) is 4.98 Å². The van der Waals surface area contributed by atoms with E-state index in [1.54, 1.807) is 0 Å². The largest absolute Gasteiger partial charge is 0.264 e. The van der Waals surface area contributed by atoms with Crippen LogP contribution in [0.15, 0.2) is 140 Å². The lowest BCUT2D eigenvalue weighted by Crippen LogP contribution is -1.92. The van der Waals surface area contributed by atoms with Crippen molar-refractivity contribution in [2.45, 2.75) is 0 Å². The molecule has 1 heterocycles. The van der Waals surface area contributed by atoms with Gasteiger partial charge in [0.15, 0.2) is 0 Å². The molecule has 0 aliphatic rings. The van der Waals surface area contributed by atoms with Crippen molar-refractivity contribution < 1.29 is 0 Å². The quantitative estimate of drug-likeness (QED) is 0.241. The monoisotopic (exact) mass is 457 g/mol. The van der Waals surface area contributed by atoms with Crippen LogP contribution in [-0.4, -0.2) is 4.98 Å². The van der Waals surface area contributed by atoms with Gasteiger partial charge < -0.3 is 0 Å². The highest BCUT2D eigenvalue weighted by Gasteiger charge is 2.17. The van der Waals surface area contributed by atoms with Gasteiger partial charge in [-0.05, 0) is 78.5 Å². The van der Waals surface area contributed by atoms with Gasteiger partial charge in [-0.15, -0.1) is 0 Å². The Balaban J connectivity index is 1.55. The lowest BCUT2D eigenvalue weighted by atomic mass is 9.86. The van der Waals surface area contributed by atoms with Crippen molar-refractivity contribution in [2.75, 3.05) is 0 Å². The second kappa shape index (κ2) is 8.48. The molecule has 168 valence electrons. The smallest absolute Gasteiger partial charge is 0.0353 e. The number of fused-ring (bicyclic) bond motifs is 3. The Morgan fingerprint density at radius 2 is 0.972 bits per heavy atom. The van der Waals surface area contributed by atoms with Crippen molar-refractivity contribution in [3.05, 3.63) is 140 Å². The standard InChI is InChI=1S/C35H23N/c1-2-9-24(10-3-1)27-13-8-14-28(21-27)35-31-16-7-6-15-30(31)34(32-19-20-36-23-33(32)35)29-18-17-25-11-4-5-12-26(25)22-29/h1-23H. The van der Waals surface area contributed by atoms with Crippen LogP contribution in [0.2, 0.25) is 0 Å². The minimum Gasteiger partial charge on any atom is -0.264 e. The molecular weight excluding hydrogens is 434 g/mol. The first-order valence-corrected chi connectivity index (χ1v) is 12.3. The average molecular weight is 458 g/mol. The van der Waals surface area contributed by atoms with Crippen LogP contribution in [0.25, 0.3) is 65.7 Å². The fraction of sp³-hybridized carbons (Fsp3) is 0. The second-order valence-corrected chi connectivity index (χ2v) is 9.23. The van der Waals surface area contributed by atoms with Gasteiger partial charge in [0.05, 0.1) is 0 Å². The van der Waals surface area contributed by atoms with Gasteiger partial charge in [-0.2, -0.15) is 0 Å². The highest BCUT2D eigenvalue weighted by Crippen LogP contribution is 2.44. The summed E-state index contributed by atoms with van der Waals surface area (Å²) >= 11 is 0. The molecule has 1 nitrogen and oxygen atoms in total. The zero-order valence-corrected chi connectivity index (χ0v) is 19.7. The number of pyridine rings is 1. The molecule has 0 atom stereocenters. The Morgan fingerprint density at radius 3 is 1.81 bits per heavy atom. The normalized spacial score (nSPS) is 11.3. The second-order valence-electron chi connectivity index (χ2n) is 9.23. The molecule has 7 rings (SSSR count). The van der Waals surface area contributed by atoms with Gasteiger partial charge >= 0.3 is 0 Å². The third kappa shape index (κ3) is 3.37. The molecule has 0 radical (unpaired) electrons. The van der Waals surface area contributed by atoms with Gasteiger partial charge in [-0.25, -0.2) is 0 Å². The zero-order chi connectivity index (χ0) is 23.9. The molecule has 0 spiro atoms. The van der Waals surface area contributed by atoms with E-state index in [2.05, 4.69) is 132 Å². The predicted octanol–water partition coefficient (Wildman–Crippen LogP) is 9.54. The van der Waals surface area contributed by atoms with Crippen LogP contribution in [0.5, 0.6) is 0 Å². The van der Waals surface area contributed by atoms with E-state index >= 15 is 0 Å². The molecule has 36 heavy (non-hydrogen) atoms. The summed E-state index contributed by atoms with van der Waals surface area (Å²) in [5, 5.41) is 7.40. The third-order valence-corrected chi connectivity index (χ3v) is 7.12. The Morgan fingerprint density at radius 1 is 0.361 bits per heavy atom. The first-order chi connectivity index (χ1) is 17.9. The SMILES string of the molecule is c1ccc(-c2cccc(-c3c4ccccc4c(-c4ccc5ccccc5c4)c4ccncc34)c2)cc1. The van der Waals surface area contributed by atoms with Gasteiger partial charge in [0.1, 0.15) is 0 Å². The van der Waals surface area contributed by atoms with Gasteiger partial charge in [0.2, 0.25) is 0 Å². The van der Waals surface area contributed by atoms with Crippen LogP contribution in [0.1, 0.15) is 0 Å². The molecule has 0 saturated heterocycles. The van der Waals surface area contributed by atoms with Crippen molar-refractivity contribution in [2.24, 2.45) is 0 Å². The lowest BCUT2D eigenvalue weighted by molar-refractivity contribution is 1.37. The molecule has 0 saturated carbocycles. The molecule has 0 amide bonds. The Labute approximate surface area is 210 Å². The summed E-state index contributed by atoms with van der Waals surface area (Å²) in [6.07, 6.45) is 3.93. The minimum absolute atomic E-state index is 1.17. The Kier molecular flexibility index (Phi) is 4.85. The molecule has 0 fully saturated rings. The van der Waals surface area contributed by atoms with Crippen LogP contribution in [0.4, 0.5) is 0 Å². The fourth-order valence-corrected chi connectivity index (χ4v) is 5.47. The summed E-state index contributed by atoms with van der Waals surface area (Å²) in [4.78, 5) is 4.57. The van der Waals surface area contributed by atoms with Crippen LogP contribution in [-0.2, 0) is 0 Å². The lowest BCUT2D eigenvalue weighted by Gasteiger charge is -2.18. The van der Waals surface area contributed by atoms with Gasteiger partial charge in [-0.1, -0.05) is 109 Å². The van der Waals surface area contributed by atoms with Crippen molar-refractivity contribution in [3.63, 3.8) is 0 Å². The van der Waals surface area contributed by atoms with Crippen molar-refractivity contribution in [1.82, 2.24) is 4.98 Å². The number of hydrogen-bond acceptors (Lipinski definition) is 1. The van der Waals surface area contributed by atoms with E-state index in [4.69, 9.17) is 0 Å². The first kappa shape index (κ1) is 20.6. The molecule has 0 bridgehead atoms. The van der Waals surface area contributed by atoms with E-state index in [-0.39, 0.29) is 0 Å². The summed E-state index contributed by atoms with van der Waals surface area (Å²) in [6.45, 7) is 0. The van der Waals surface area contributed by atoms with Crippen LogP contribution >= 0.6 is 0 Å². The number of nitrogens with zero attached hydrogens (tertiary/aromatic N) is 1. The molecule has 6 aromatic carbocycles. The number of hydrogen-bond donors (Lipinski definition) is 0. The molecule has 1 heteroatoms. The summed E-state index contributed by atoms with van der Waals surface area (Å²) in [5.74, 6) is 0. The highest BCUT2D eigenvalue weighted by atomic mass is 14.6. The van der Waals surface area contributed by atoms with E-state index in [1.807, 2.05) is 12.4 Å². The number of rotatable bonds is 3. The minimum atomic E-state index is 1.17. The van der Waals surface area contributed by atoms with E-state index in [1.165, 1.54) is 65.7 Å². The number of aromatic nitrogens is 1. The van der Waals surface area contributed by atoms with Crippen molar-refractivity contribution >= 4 is 32.3 Å². The average Bonchev–Trinajstić information content (AvgIpc) is 2.96. The van der Waals surface area contributed by atoms with E-state index in [9.17, 15) is 0 Å². The van der Waals surface area contributed by atoms with E-state index in [0.717, 1.165) is 0 Å². The predicted molar refractivity (Wildman–Crippen MR) is 153 cm³/mol. The summed E-state index contributed by atoms with van der Waals surface area (Å²) in [5.41, 5.74) is 7.36. The first-order valence-electron chi connectivity index (χ1n) is 12.3. The third-order valence-electron chi connectivity index (χ3n) is 7.12. The number of benzene rings is 6. The van der Waals surface area contributed by atoms with Crippen molar-refractivity contribution in [3.8, 4) is 33.4 Å². The molecule has 0 aliphatic carbocycles. The maximum atomic E-state index is 4.57. The Bertz CT molecular complexity index is 1830. The van der Waals surface area contributed by atoms with Gasteiger partial charge in [0, 0.05) is 17.8 Å².